The fourth-order valence-corrected chi connectivity index (χ4v) is 3.83. The lowest BCUT2D eigenvalue weighted by Crippen LogP contribution is -2.41. The van der Waals surface area contributed by atoms with Crippen molar-refractivity contribution >= 4 is 5.97 Å². The standard InChI is InChI=1S/C16H19NO4/c1-4-19-15(18)12-11-9-6-5-8(10(11)7-17-12)13-14(9)21-16(2,3)20-13/h5-9,13-14,17H,4H2,1-3H3/t8-,9+,13?,14?/m0/s1. The molecule has 0 saturated carbocycles. The van der Waals surface area contributed by atoms with Crippen LogP contribution in [0.15, 0.2) is 18.3 Å². The van der Waals surface area contributed by atoms with Gasteiger partial charge in [0.1, 0.15) is 5.69 Å². The third kappa shape index (κ3) is 1.74. The quantitative estimate of drug-likeness (QED) is 0.671. The molecule has 0 radical (unpaired) electrons. The van der Waals surface area contributed by atoms with Gasteiger partial charge in [0.2, 0.25) is 0 Å². The van der Waals surface area contributed by atoms with E-state index in [1.165, 1.54) is 0 Å². The molecule has 5 nitrogen and oxygen atoms in total. The highest BCUT2D eigenvalue weighted by Gasteiger charge is 2.55. The Labute approximate surface area is 123 Å². The molecule has 5 heteroatoms. The number of aromatic amines is 1. The molecule has 1 saturated heterocycles. The number of hydrogen-bond acceptors (Lipinski definition) is 4. The van der Waals surface area contributed by atoms with Gasteiger partial charge >= 0.3 is 5.97 Å². The third-order valence-electron chi connectivity index (χ3n) is 4.52. The van der Waals surface area contributed by atoms with E-state index in [2.05, 4.69) is 17.1 Å². The van der Waals surface area contributed by atoms with E-state index in [4.69, 9.17) is 14.2 Å². The van der Waals surface area contributed by atoms with Crippen molar-refractivity contribution in [1.29, 1.82) is 0 Å². The summed E-state index contributed by atoms with van der Waals surface area (Å²) in [5.41, 5.74) is 2.70. The van der Waals surface area contributed by atoms with Crippen molar-refractivity contribution < 1.29 is 19.0 Å². The molecule has 1 N–H and O–H groups in total. The first kappa shape index (κ1) is 13.1. The minimum atomic E-state index is -0.574. The zero-order valence-corrected chi connectivity index (χ0v) is 12.4. The number of esters is 1. The number of rotatable bonds is 2. The van der Waals surface area contributed by atoms with Gasteiger partial charge in [-0.3, -0.25) is 0 Å². The van der Waals surface area contributed by atoms with Gasteiger partial charge in [0.15, 0.2) is 5.79 Å². The lowest BCUT2D eigenvalue weighted by Gasteiger charge is -2.39. The number of carbonyl (C=O) groups excluding carboxylic acids is 1. The number of H-pyrrole nitrogens is 1. The van der Waals surface area contributed by atoms with E-state index in [1.54, 1.807) is 0 Å². The minimum absolute atomic E-state index is 0.0216. The molecule has 112 valence electrons. The Kier molecular flexibility index (Phi) is 2.63. The highest BCUT2D eigenvalue weighted by Crippen LogP contribution is 2.53. The predicted octanol–water partition coefficient (Wildman–Crippen LogP) is 2.46. The summed E-state index contributed by atoms with van der Waals surface area (Å²) in [5.74, 6) is -0.692. The van der Waals surface area contributed by atoms with E-state index in [-0.39, 0.29) is 30.0 Å². The Morgan fingerprint density at radius 1 is 1.29 bits per heavy atom. The Bertz CT molecular complexity index is 630. The van der Waals surface area contributed by atoms with Crippen LogP contribution in [0, 0.1) is 0 Å². The minimum Gasteiger partial charge on any atom is -0.461 e. The predicted molar refractivity (Wildman–Crippen MR) is 75.2 cm³/mol. The van der Waals surface area contributed by atoms with Gasteiger partial charge in [0, 0.05) is 18.0 Å². The molecular formula is C16H19NO4. The van der Waals surface area contributed by atoms with Crippen molar-refractivity contribution in [2.45, 2.75) is 50.6 Å². The fourth-order valence-electron chi connectivity index (χ4n) is 3.83. The molecule has 2 bridgehead atoms. The van der Waals surface area contributed by atoms with Crippen LogP contribution in [-0.4, -0.2) is 35.6 Å². The van der Waals surface area contributed by atoms with E-state index in [0.29, 0.717) is 12.3 Å². The molecule has 4 aliphatic rings. The second-order valence-corrected chi connectivity index (χ2v) is 6.25. The number of aromatic nitrogens is 1. The number of nitrogens with one attached hydrogen (secondary N) is 1. The Balaban J connectivity index is 1.77. The van der Waals surface area contributed by atoms with Gasteiger partial charge < -0.3 is 19.2 Å². The van der Waals surface area contributed by atoms with Crippen LogP contribution in [0.2, 0.25) is 0 Å². The second-order valence-electron chi connectivity index (χ2n) is 6.25. The molecular weight excluding hydrogens is 270 g/mol. The van der Waals surface area contributed by atoms with Gasteiger partial charge in [0.25, 0.3) is 0 Å². The Morgan fingerprint density at radius 2 is 1.95 bits per heavy atom. The summed E-state index contributed by atoms with van der Waals surface area (Å²) in [5, 5.41) is 0. The van der Waals surface area contributed by atoms with Crippen molar-refractivity contribution in [3.8, 4) is 0 Å². The zero-order chi connectivity index (χ0) is 14.8. The van der Waals surface area contributed by atoms with Crippen LogP contribution >= 0.6 is 0 Å². The third-order valence-corrected chi connectivity index (χ3v) is 4.52. The topological polar surface area (TPSA) is 60.6 Å². The summed E-state index contributed by atoms with van der Waals surface area (Å²) in [6.45, 7) is 6.06. The first-order valence-electron chi connectivity index (χ1n) is 7.44. The van der Waals surface area contributed by atoms with E-state index in [1.807, 2.05) is 27.0 Å². The Hall–Kier alpha value is -1.59. The fraction of sp³-hybridized carbons (Fsp3) is 0.562. The van der Waals surface area contributed by atoms with Crippen LogP contribution in [-0.2, 0) is 14.2 Å². The average molecular weight is 289 g/mol. The molecule has 1 aromatic rings. The summed E-state index contributed by atoms with van der Waals surface area (Å²) in [6.07, 6.45) is 6.20. The monoisotopic (exact) mass is 289 g/mol. The van der Waals surface area contributed by atoms with E-state index < -0.39 is 5.79 Å². The highest BCUT2D eigenvalue weighted by molar-refractivity contribution is 5.90. The summed E-state index contributed by atoms with van der Waals surface area (Å²) in [7, 11) is 0. The molecule has 0 amide bonds. The molecule has 2 unspecified atom stereocenters. The van der Waals surface area contributed by atoms with Gasteiger partial charge in [-0.25, -0.2) is 4.79 Å². The maximum atomic E-state index is 12.1. The van der Waals surface area contributed by atoms with Crippen molar-refractivity contribution in [3.63, 3.8) is 0 Å². The first-order chi connectivity index (χ1) is 10.0. The van der Waals surface area contributed by atoms with Gasteiger partial charge in [-0.1, -0.05) is 12.2 Å². The number of ether oxygens (including phenoxy) is 3. The van der Waals surface area contributed by atoms with Gasteiger partial charge in [-0.05, 0) is 31.9 Å². The molecule has 5 rings (SSSR count). The van der Waals surface area contributed by atoms with Crippen molar-refractivity contribution in [3.05, 3.63) is 35.2 Å². The van der Waals surface area contributed by atoms with E-state index in [0.717, 1.165) is 11.1 Å². The summed E-state index contributed by atoms with van der Waals surface area (Å²) in [4.78, 5) is 15.2. The molecule has 21 heavy (non-hydrogen) atoms. The molecule has 0 spiro atoms. The van der Waals surface area contributed by atoms with Gasteiger partial charge in [-0.15, -0.1) is 0 Å². The first-order valence-corrected chi connectivity index (χ1v) is 7.44. The zero-order valence-electron chi connectivity index (χ0n) is 12.4. The summed E-state index contributed by atoms with van der Waals surface area (Å²) < 4.78 is 17.3. The summed E-state index contributed by atoms with van der Waals surface area (Å²) in [6, 6.07) is 0. The van der Waals surface area contributed by atoms with Crippen molar-refractivity contribution in [2.75, 3.05) is 6.61 Å². The normalized spacial score (nSPS) is 34.6. The molecule has 1 fully saturated rings. The smallest absolute Gasteiger partial charge is 0.355 e. The summed E-state index contributed by atoms with van der Waals surface area (Å²) >= 11 is 0. The number of hydrogen-bond donors (Lipinski definition) is 1. The van der Waals surface area contributed by atoms with Crippen LogP contribution in [0.5, 0.6) is 0 Å². The molecule has 2 heterocycles. The van der Waals surface area contributed by atoms with Crippen molar-refractivity contribution in [1.82, 2.24) is 4.98 Å². The molecule has 4 atom stereocenters. The van der Waals surface area contributed by atoms with Crippen LogP contribution in [0.4, 0.5) is 0 Å². The molecule has 1 aliphatic heterocycles. The average Bonchev–Trinajstić information content (AvgIpc) is 2.99. The van der Waals surface area contributed by atoms with Gasteiger partial charge in [-0.2, -0.15) is 0 Å². The Morgan fingerprint density at radius 3 is 2.67 bits per heavy atom. The molecule has 1 aromatic heterocycles. The van der Waals surface area contributed by atoms with Crippen LogP contribution in [0.3, 0.4) is 0 Å². The van der Waals surface area contributed by atoms with Crippen LogP contribution < -0.4 is 0 Å². The maximum absolute atomic E-state index is 12.1. The van der Waals surface area contributed by atoms with Crippen molar-refractivity contribution in [2.24, 2.45) is 0 Å². The largest absolute Gasteiger partial charge is 0.461 e. The van der Waals surface area contributed by atoms with Gasteiger partial charge in [0.05, 0.1) is 18.8 Å². The molecule has 0 aromatic carbocycles. The molecule has 3 aliphatic carbocycles. The van der Waals surface area contributed by atoms with E-state index in [9.17, 15) is 4.79 Å². The van der Waals surface area contributed by atoms with E-state index >= 15 is 0 Å². The SMILES string of the molecule is CCOC(=O)c1[nH]cc2c1[C@H]1C=C[C@@H]2C2OC(C)(C)OC21. The highest BCUT2D eigenvalue weighted by atomic mass is 16.8. The van der Waals surface area contributed by atoms with Crippen LogP contribution in [0.25, 0.3) is 0 Å². The van der Waals surface area contributed by atoms with Crippen LogP contribution in [0.1, 0.15) is 54.2 Å². The lowest BCUT2D eigenvalue weighted by molar-refractivity contribution is -0.146. The maximum Gasteiger partial charge on any atom is 0.355 e. The number of carbonyl (C=O) groups is 1. The lowest BCUT2D eigenvalue weighted by atomic mass is 9.69. The second kappa shape index (κ2) is 4.21.